The summed E-state index contributed by atoms with van der Waals surface area (Å²) in [4.78, 5) is 26.0. The minimum atomic E-state index is -4.84. The molecule has 0 aromatic heterocycles. The Hall–Kier alpha value is -1.31. The number of carbonyl (C=O) groups excluding carboxylic acids is 2. The Balaban J connectivity index is 1.91. The van der Waals surface area contributed by atoms with Gasteiger partial charge in [0.2, 0.25) is 5.91 Å². The molecule has 1 unspecified atom stereocenters. The monoisotopic (exact) mass is 307 g/mol. The van der Waals surface area contributed by atoms with E-state index < -0.39 is 12.1 Å². The topological polar surface area (TPSA) is 52.7 Å². The number of alkyl halides is 3. The Morgan fingerprint density at radius 1 is 1.00 bits per heavy atom. The molecule has 2 heterocycles. The molecule has 2 rings (SSSR count). The predicted octanol–water partition coefficient (Wildman–Crippen LogP) is 0.609. The van der Waals surface area contributed by atoms with Crippen molar-refractivity contribution in [1.82, 2.24) is 15.1 Å². The fraction of sp³-hybridized carbons (Fsp3) is 0.846. The van der Waals surface area contributed by atoms with E-state index in [2.05, 4.69) is 5.32 Å². The van der Waals surface area contributed by atoms with Gasteiger partial charge in [0.05, 0.1) is 5.92 Å². The zero-order valence-corrected chi connectivity index (χ0v) is 11.8. The van der Waals surface area contributed by atoms with Gasteiger partial charge in [0, 0.05) is 32.7 Å². The van der Waals surface area contributed by atoms with Crippen LogP contribution in [-0.2, 0) is 9.59 Å². The van der Waals surface area contributed by atoms with Crippen LogP contribution < -0.4 is 5.32 Å². The van der Waals surface area contributed by atoms with E-state index in [0.717, 1.165) is 24.3 Å². The van der Waals surface area contributed by atoms with Crippen molar-refractivity contribution in [1.29, 1.82) is 0 Å². The molecular formula is C13H20F3N3O2. The fourth-order valence-corrected chi connectivity index (χ4v) is 2.84. The normalized spacial score (nSPS) is 24.6. The van der Waals surface area contributed by atoms with Gasteiger partial charge in [-0.25, -0.2) is 0 Å². The number of hydrogen-bond donors (Lipinski definition) is 1. The number of halogens is 3. The molecule has 1 atom stereocenters. The maximum Gasteiger partial charge on any atom is 0.471 e. The zero-order valence-electron chi connectivity index (χ0n) is 11.8. The minimum absolute atomic E-state index is 0.0106. The Morgan fingerprint density at radius 2 is 1.67 bits per heavy atom. The maximum absolute atomic E-state index is 12.4. The van der Waals surface area contributed by atoms with Gasteiger partial charge in [0.25, 0.3) is 0 Å². The van der Waals surface area contributed by atoms with Crippen LogP contribution in [-0.4, -0.2) is 67.1 Å². The van der Waals surface area contributed by atoms with Gasteiger partial charge in [0.15, 0.2) is 0 Å². The van der Waals surface area contributed by atoms with Gasteiger partial charge in [-0.05, 0) is 25.8 Å². The fourth-order valence-electron chi connectivity index (χ4n) is 2.84. The summed E-state index contributed by atoms with van der Waals surface area (Å²) in [6, 6.07) is 0. The van der Waals surface area contributed by atoms with Crippen LogP contribution in [0.5, 0.6) is 0 Å². The molecule has 120 valence electrons. The van der Waals surface area contributed by atoms with Crippen molar-refractivity contribution in [3.05, 3.63) is 0 Å². The van der Waals surface area contributed by atoms with Gasteiger partial charge in [-0.1, -0.05) is 0 Å². The molecule has 0 saturated carbocycles. The van der Waals surface area contributed by atoms with E-state index >= 15 is 0 Å². The quantitative estimate of drug-likeness (QED) is 0.772. The number of carbonyl (C=O) groups is 2. The molecule has 0 bridgehead atoms. The van der Waals surface area contributed by atoms with Crippen molar-refractivity contribution in [2.45, 2.75) is 25.4 Å². The maximum atomic E-state index is 12.4. The van der Waals surface area contributed by atoms with Gasteiger partial charge in [0.1, 0.15) is 0 Å². The molecule has 1 N–H and O–H groups in total. The minimum Gasteiger partial charge on any atom is -0.341 e. The molecule has 21 heavy (non-hydrogen) atoms. The first-order chi connectivity index (χ1) is 9.89. The molecule has 0 radical (unpaired) electrons. The summed E-state index contributed by atoms with van der Waals surface area (Å²) in [5.74, 6) is -1.91. The van der Waals surface area contributed by atoms with Crippen LogP contribution in [0.3, 0.4) is 0 Å². The number of rotatable bonds is 1. The van der Waals surface area contributed by atoms with Crippen molar-refractivity contribution in [3.8, 4) is 0 Å². The van der Waals surface area contributed by atoms with Crippen molar-refractivity contribution >= 4 is 11.8 Å². The molecule has 0 aromatic rings. The predicted molar refractivity (Wildman–Crippen MR) is 69.4 cm³/mol. The smallest absolute Gasteiger partial charge is 0.341 e. The number of nitrogens with one attached hydrogen (secondary N) is 1. The van der Waals surface area contributed by atoms with Gasteiger partial charge >= 0.3 is 12.1 Å². The third-order valence-electron chi connectivity index (χ3n) is 3.98. The Bertz CT molecular complexity index is 395. The molecule has 2 fully saturated rings. The first kappa shape index (κ1) is 16.1. The van der Waals surface area contributed by atoms with Crippen LogP contribution in [0.2, 0.25) is 0 Å². The average Bonchev–Trinajstić information content (AvgIpc) is 2.71. The van der Waals surface area contributed by atoms with Crippen LogP contribution in [0.4, 0.5) is 13.2 Å². The van der Waals surface area contributed by atoms with Crippen molar-refractivity contribution in [2.24, 2.45) is 5.92 Å². The molecule has 8 heteroatoms. The second kappa shape index (κ2) is 6.64. The summed E-state index contributed by atoms with van der Waals surface area (Å²) >= 11 is 0. The highest BCUT2D eigenvalue weighted by Gasteiger charge is 2.43. The Labute approximate surface area is 121 Å². The van der Waals surface area contributed by atoms with E-state index in [1.54, 1.807) is 4.90 Å². The summed E-state index contributed by atoms with van der Waals surface area (Å²) in [7, 11) is 0. The lowest BCUT2D eigenvalue weighted by atomic mass is 9.98. The first-order valence-electron chi connectivity index (χ1n) is 7.25. The van der Waals surface area contributed by atoms with E-state index in [9.17, 15) is 22.8 Å². The van der Waals surface area contributed by atoms with E-state index in [0.29, 0.717) is 19.5 Å². The molecule has 2 amide bonds. The van der Waals surface area contributed by atoms with Crippen LogP contribution >= 0.6 is 0 Å². The Kier molecular flexibility index (Phi) is 5.08. The zero-order chi connectivity index (χ0) is 15.5. The summed E-state index contributed by atoms with van der Waals surface area (Å²) in [6.45, 7) is 2.11. The van der Waals surface area contributed by atoms with E-state index in [1.807, 2.05) is 0 Å². The summed E-state index contributed by atoms with van der Waals surface area (Å²) < 4.78 is 37.3. The highest BCUT2D eigenvalue weighted by Crippen LogP contribution is 2.20. The van der Waals surface area contributed by atoms with Crippen LogP contribution in [0.15, 0.2) is 0 Å². The lowest BCUT2D eigenvalue weighted by Gasteiger charge is -2.29. The van der Waals surface area contributed by atoms with Gasteiger partial charge < -0.3 is 15.1 Å². The van der Waals surface area contributed by atoms with Crippen molar-refractivity contribution in [2.75, 3.05) is 39.3 Å². The van der Waals surface area contributed by atoms with Crippen LogP contribution in [0.1, 0.15) is 19.3 Å². The average molecular weight is 307 g/mol. The number of hydrogen-bond acceptors (Lipinski definition) is 3. The number of amides is 2. The van der Waals surface area contributed by atoms with E-state index in [-0.39, 0.29) is 31.5 Å². The first-order valence-corrected chi connectivity index (χ1v) is 7.25. The summed E-state index contributed by atoms with van der Waals surface area (Å²) in [6.07, 6.45) is -2.71. The SMILES string of the molecule is O=C(C1CCCNC1)N1CCCN(C(=O)C(F)(F)F)CC1. The molecular weight excluding hydrogens is 287 g/mol. The van der Waals surface area contributed by atoms with E-state index in [1.165, 1.54) is 0 Å². The molecule has 0 spiro atoms. The third kappa shape index (κ3) is 4.09. The molecule has 5 nitrogen and oxygen atoms in total. The third-order valence-corrected chi connectivity index (χ3v) is 3.98. The summed E-state index contributed by atoms with van der Waals surface area (Å²) in [5.41, 5.74) is 0. The van der Waals surface area contributed by atoms with Crippen molar-refractivity contribution in [3.63, 3.8) is 0 Å². The van der Waals surface area contributed by atoms with Crippen LogP contribution in [0.25, 0.3) is 0 Å². The largest absolute Gasteiger partial charge is 0.471 e. The lowest BCUT2D eigenvalue weighted by molar-refractivity contribution is -0.185. The second-order valence-corrected chi connectivity index (χ2v) is 5.51. The molecule has 0 aromatic carbocycles. The van der Waals surface area contributed by atoms with E-state index in [4.69, 9.17) is 0 Å². The standard InChI is InChI=1S/C13H20F3N3O2/c14-13(15,16)12(21)19-6-2-5-18(7-8-19)11(20)10-3-1-4-17-9-10/h10,17H,1-9H2. The molecule has 2 saturated heterocycles. The highest BCUT2D eigenvalue weighted by molar-refractivity contribution is 5.82. The number of piperidine rings is 1. The summed E-state index contributed by atoms with van der Waals surface area (Å²) in [5, 5.41) is 3.16. The van der Waals surface area contributed by atoms with Crippen LogP contribution in [0, 0.1) is 5.92 Å². The highest BCUT2D eigenvalue weighted by atomic mass is 19.4. The molecule has 0 aliphatic carbocycles. The van der Waals surface area contributed by atoms with Gasteiger partial charge in [-0.15, -0.1) is 0 Å². The lowest BCUT2D eigenvalue weighted by Crippen LogP contribution is -2.46. The second-order valence-electron chi connectivity index (χ2n) is 5.51. The Morgan fingerprint density at radius 3 is 2.29 bits per heavy atom. The van der Waals surface area contributed by atoms with Crippen molar-refractivity contribution < 1.29 is 22.8 Å². The molecule has 2 aliphatic heterocycles. The van der Waals surface area contributed by atoms with Gasteiger partial charge in [-0.2, -0.15) is 13.2 Å². The molecule has 2 aliphatic rings. The van der Waals surface area contributed by atoms with Gasteiger partial charge in [-0.3, -0.25) is 9.59 Å². The number of nitrogens with zero attached hydrogens (tertiary/aromatic N) is 2.